The number of aryl methyl sites for hydroxylation is 1. The summed E-state index contributed by atoms with van der Waals surface area (Å²) in [6, 6.07) is 13.3. The maximum absolute atomic E-state index is 13.9. The molecular formula is C23H25FN2O. The summed E-state index contributed by atoms with van der Waals surface area (Å²) < 4.78 is 18.8. The second-order valence-electron chi connectivity index (χ2n) is 6.64. The Labute approximate surface area is 160 Å². The molecule has 3 rings (SSSR count). The molecule has 0 aliphatic heterocycles. The van der Waals surface area contributed by atoms with Crippen LogP contribution in [0.4, 0.5) is 4.39 Å². The van der Waals surface area contributed by atoms with Crippen molar-refractivity contribution in [2.45, 2.75) is 39.0 Å². The molecule has 0 spiro atoms. The lowest BCUT2D eigenvalue weighted by Crippen LogP contribution is -1.92. The lowest BCUT2D eigenvalue weighted by Gasteiger charge is -2.07. The summed E-state index contributed by atoms with van der Waals surface area (Å²) in [6.07, 6.45) is 9.61. The van der Waals surface area contributed by atoms with Crippen molar-refractivity contribution in [3.8, 4) is 28.3 Å². The highest BCUT2D eigenvalue weighted by Gasteiger charge is 2.07. The average Bonchev–Trinajstić information content (AvgIpc) is 2.72. The van der Waals surface area contributed by atoms with Crippen molar-refractivity contribution in [1.29, 1.82) is 0 Å². The first-order valence-electron chi connectivity index (χ1n) is 9.46. The number of halogens is 1. The topological polar surface area (TPSA) is 35.0 Å². The maximum atomic E-state index is 13.9. The van der Waals surface area contributed by atoms with Crippen LogP contribution in [0.1, 0.15) is 38.2 Å². The van der Waals surface area contributed by atoms with Gasteiger partial charge >= 0.3 is 0 Å². The van der Waals surface area contributed by atoms with Crippen molar-refractivity contribution >= 4 is 0 Å². The number of ether oxygens (including phenoxy) is 1. The Morgan fingerprint density at radius 2 is 1.52 bits per heavy atom. The Hall–Kier alpha value is -2.75. The SMILES string of the molecule is CCCCCCc1ccc(-c2cnc(-c3ccc(OC)c(F)c3)cn2)cc1. The molecule has 4 heteroatoms. The van der Waals surface area contributed by atoms with Gasteiger partial charge < -0.3 is 4.74 Å². The molecule has 0 saturated heterocycles. The zero-order valence-corrected chi connectivity index (χ0v) is 15.9. The summed E-state index contributed by atoms with van der Waals surface area (Å²) in [6.45, 7) is 2.23. The lowest BCUT2D eigenvalue weighted by atomic mass is 10.0. The number of benzene rings is 2. The number of methoxy groups -OCH3 is 1. The molecule has 0 amide bonds. The van der Waals surface area contributed by atoms with Gasteiger partial charge in [-0.25, -0.2) is 4.39 Å². The van der Waals surface area contributed by atoms with E-state index in [0.717, 1.165) is 17.7 Å². The highest BCUT2D eigenvalue weighted by Crippen LogP contribution is 2.25. The van der Waals surface area contributed by atoms with Crippen LogP contribution in [0.2, 0.25) is 0 Å². The Balaban J connectivity index is 1.69. The molecule has 3 nitrogen and oxygen atoms in total. The van der Waals surface area contributed by atoms with Gasteiger partial charge in [-0.1, -0.05) is 50.5 Å². The van der Waals surface area contributed by atoms with Crippen molar-refractivity contribution in [2.75, 3.05) is 7.11 Å². The summed E-state index contributed by atoms with van der Waals surface area (Å²) in [7, 11) is 1.45. The minimum atomic E-state index is -0.407. The molecule has 0 saturated carbocycles. The van der Waals surface area contributed by atoms with Gasteiger partial charge in [0.2, 0.25) is 0 Å². The van der Waals surface area contributed by atoms with Gasteiger partial charge in [-0.15, -0.1) is 0 Å². The fourth-order valence-corrected chi connectivity index (χ4v) is 3.05. The Morgan fingerprint density at radius 1 is 0.852 bits per heavy atom. The van der Waals surface area contributed by atoms with Crippen LogP contribution in [0.3, 0.4) is 0 Å². The van der Waals surface area contributed by atoms with Gasteiger partial charge in [0.25, 0.3) is 0 Å². The van der Waals surface area contributed by atoms with Crippen molar-refractivity contribution in [1.82, 2.24) is 9.97 Å². The molecule has 27 heavy (non-hydrogen) atoms. The normalized spacial score (nSPS) is 10.8. The first kappa shape index (κ1) is 19.0. The molecule has 0 aliphatic rings. The largest absolute Gasteiger partial charge is 0.494 e. The quantitative estimate of drug-likeness (QED) is 0.454. The minimum Gasteiger partial charge on any atom is -0.494 e. The monoisotopic (exact) mass is 364 g/mol. The zero-order valence-electron chi connectivity index (χ0n) is 15.9. The molecule has 1 heterocycles. The van der Waals surface area contributed by atoms with Gasteiger partial charge in [0, 0.05) is 11.1 Å². The van der Waals surface area contributed by atoms with E-state index in [-0.39, 0.29) is 5.75 Å². The number of hydrogen-bond donors (Lipinski definition) is 0. The van der Waals surface area contributed by atoms with E-state index in [4.69, 9.17) is 4.74 Å². The van der Waals surface area contributed by atoms with Crippen LogP contribution in [0.25, 0.3) is 22.5 Å². The molecule has 2 aromatic carbocycles. The molecule has 0 unspecified atom stereocenters. The second kappa shape index (κ2) is 9.26. The van der Waals surface area contributed by atoms with Gasteiger partial charge in [-0.3, -0.25) is 9.97 Å². The number of rotatable bonds is 8. The van der Waals surface area contributed by atoms with Crippen molar-refractivity contribution in [3.05, 3.63) is 66.2 Å². The molecule has 0 aliphatic carbocycles. The average molecular weight is 364 g/mol. The van der Waals surface area contributed by atoms with E-state index in [9.17, 15) is 4.39 Å². The molecular weight excluding hydrogens is 339 g/mol. The van der Waals surface area contributed by atoms with Crippen molar-refractivity contribution in [3.63, 3.8) is 0 Å². The van der Waals surface area contributed by atoms with Crippen molar-refractivity contribution < 1.29 is 9.13 Å². The van der Waals surface area contributed by atoms with Crippen LogP contribution in [-0.2, 0) is 6.42 Å². The van der Waals surface area contributed by atoms with E-state index in [1.165, 1.54) is 44.4 Å². The summed E-state index contributed by atoms with van der Waals surface area (Å²) in [4.78, 5) is 8.94. The summed E-state index contributed by atoms with van der Waals surface area (Å²) in [5.41, 5.74) is 4.51. The van der Waals surface area contributed by atoms with Gasteiger partial charge in [0.15, 0.2) is 11.6 Å². The third-order valence-corrected chi connectivity index (χ3v) is 4.67. The lowest BCUT2D eigenvalue weighted by molar-refractivity contribution is 0.386. The standard InChI is InChI=1S/C23H25FN2O/c1-3-4-5-6-7-17-8-10-18(11-9-17)21-15-26-22(16-25-21)19-12-13-23(27-2)20(24)14-19/h8-16H,3-7H2,1-2H3. The fourth-order valence-electron chi connectivity index (χ4n) is 3.05. The molecule has 1 aromatic heterocycles. The van der Waals surface area contributed by atoms with Gasteiger partial charge in [0.05, 0.1) is 30.9 Å². The van der Waals surface area contributed by atoms with Crippen LogP contribution in [0.15, 0.2) is 54.9 Å². The Morgan fingerprint density at radius 3 is 2.11 bits per heavy atom. The van der Waals surface area contributed by atoms with Crippen molar-refractivity contribution in [2.24, 2.45) is 0 Å². The molecule has 3 aromatic rings. The highest BCUT2D eigenvalue weighted by atomic mass is 19.1. The Bertz CT molecular complexity index is 861. The third-order valence-electron chi connectivity index (χ3n) is 4.67. The molecule has 140 valence electrons. The van der Waals surface area contributed by atoms with Crippen LogP contribution >= 0.6 is 0 Å². The van der Waals surface area contributed by atoms with E-state index in [2.05, 4.69) is 41.2 Å². The summed E-state index contributed by atoms with van der Waals surface area (Å²) in [5.74, 6) is -0.187. The van der Waals surface area contributed by atoms with E-state index < -0.39 is 5.82 Å². The minimum absolute atomic E-state index is 0.220. The van der Waals surface area contributed by atoms with E-state index in [1.807, 2.05) is 0 Å². The summed E-state index contributed by atoms with van der Waals surface area (Å²) in [5, 5.41) is 0. The Kier molecular flexibility index (Phi) is 6.53. The van der Waals surface area contributed by atoms with Crippen LogP contribution < -0.4 is 4.74 Å². The number of hydrogen-bond acceptors (Lipinski definition) is 3. The first-order valence-corrected chi connectivity index (χ1v) is 9.46. The van der Waals surface area contributed by atoms with E-state index in [0.29, 0.717) is 11.3 Å². The molecule has 0 N–H and O–H groups in total. The first-order chi connectivity index (χ1) is 13.2. The van der Waals surface area contributed by atoms with Crippen LogP contribution in [0, 0.1) is 5.82 Å². The molecule has 0 atom stereocenters. The van der Waals surface area contributed by atoms with Crippen LogP contribution in [-0.4, -0.2) is 17.1 Å². The zero-order chi connectivity index (χ0) is 19.1. The van der Waals surface area contributed by atoms with Crippen LogP contribution in [0.5, 0.6) is 5.75 Å². The second-order valence-corrected chi connectivity index (χ2v) is 6.64. The maximum Gasteiger partial charge on any atom is 0.165 e. The number of unbranched alkanes of at least 4 members (excludes halogenated alkanes) is 3. The third kappa shape index (κ3) is 4.91. The predicted octanol–water partition coefficient (Wildman–Crippen LogP) is 6.08. The number of nitrogens with zero attached hydrogens (tertiary/aromatic N) is 2. The molecule has 0 bridgehead atoms. The van der Waals surface area contributed by atoms with E-state index in [1.54, 1.807) is 24.5 Å². The molecule has 0 fully saturated rings. The number of aromatic nitrogens is 2. The van der Waals surface area contributed by atoms with Gasteiger partial charge in [-0.2, -0.15) is 0 Å². The van der Waals surface area contributed by atoms with Gasteiger partial charge in [0.1, 0.15) is 0 Å². The smallest absolute Gasteiger partial charge is 0.165 e. The summed E-state index contributed by atoms with van der Waals surface area (Å²) >= 11 is 0. The molecule has 0 radical (unpaired) electrons. The fraction of sp³-hybridized carbons (Fsp3) is 0.304. The highest BCUT2D eigenvalue weighted by molar-refractivity contribution is 5.63. The van der Waals surface area contributed by atoms with E-state index >= 15 is 0 Å². The van der Waals surface area contributed by atoms with Gasteiger partial charge in [-0.05, 0) is 36.6 Å². The predicted molar refractivity (Wildman–Crippen MR) is 107 cm³/mol.